The van der Waals surface area contributed by atoms with E-state index >= 15 is 0 Å². The second-order valence-electron chi connectivity index (χ2n) is 6.08. The van der Waals surface area contributed by atoms with E-state index in [9.17, 15) is 14.0 Å². The first-order chi connectivity index (χ1) is 11.4. The predicted molar refractivity (Wildman–Crippen MR) is 89.5 cm³/mol. The molecule has 1 fully saturated rings. The first-order valence-electron chi connectivity index (χ1n) is 8.19. The first kappa shape index (κ1) is 18.2. The van der Waals surface area contributed by atoms with Crippen LogP contribution in [0.15, 0.2) is 18.2 Å². The Balaban J connectivity index is 1.95. The number of nitrogens with zero attached hydrogens (tertiary/aromatic N) is 1. The molecule has 0 unspecified atom stereocenters. The third-order valence-corrected chi connectivity index (χ3v) is 3.98. The minimum absolute atomic E-state index is 0.0514. The molecule has 2 amide bonds. The van der Waals surface area contributed by atoms with E-state index < -0.39 is 17.6 Å². The van der Waals surface area contributed by atoms with Gasteiger partial charge in [-0.1, -0.05) is 0 Å². The van der Waals surface area contributed by atoms with Crippen LogP contribution in [0.4, 0.5) is 10.1 Å². The van der Waals surface area contributed by atoms with Crippen LogP contribution in [-0.4, -0.2) is 48.5 Å². The van der Waals surface area contributed by atoms with Crippen molar-refractivity contribution < 1.29 is 18.7 Å². The number of hydrogen-bond acceptors (Lipinski definition) is 4. The van der Waals surface area contributed by atoms with E-state index in [2.05, 4.69) is 29.4 Å². The number of benzene rings is 1. The lowest BCUT2D eigenvalue weighted by molar-refractivity contribution is -0.136. The second kappa shape index (κ2) is 8.10. The van der Waals surface area contributed by atoms with Gasteiger partial charge in [-0.3, -0.25) is 14.5 Å². The SMILES string of the molecule is CCOc1ccc(F)cc1NC(=O)C(=O)N[C@@H]1CCN(C(C)C)C1. The Hall–Kier alpha value is -2.15. The van der Waals surface area contributed by atoms with Crippen molar-refractivity contribution in [3.63, 3.8) is 0 Å². The fourth-order valence-corrected chi connectivity index (χ4v) is 2.69. The molecule has 1 aliphatic heterocycles. The van der Waals surface area contributed by atoms with Crippen molar-refractivity contribution in [3.8, 4) is 5.75 Å². The number of amides is 2. The lowest BCUT2D eigenvalue weighted by atomic mass is 10.2. The van der Waals surface area contributed by atoms with Crippen LogP contribution in [0.2, 0.25) is 0 Å². The van der Waals surface area contributed by atoms with Crippen molar-refractivity contribution >= 4 is 17.5 Å². The highest BCUT2D eigenvalue weighted by molar-refractivity contribution is 6.39. The van der Waals surface area contributed by atoms with Gasteiger partial charge in [-0.05, 0) is 39.3 Å². The predicted octanol–water partition coefficient (Wildman–Crippen LogP) is 1.76. The summed E-state index contributed by atoms with van der Waals surface area (Å²) in [6.07, 6.45) is 0.807. The number of rotatable bonds is 5. The molecule has 1 heterocycles. The minimum atomic E-state index is -0.829. The van der Waals surface area contributed by atoms with Crippen molar-refractivity contribution in [3.05, 3.63) is 24.0 Å². The number of nitrogens with one attached hydrogen (secondary N) is 2. The molecule has 1 saturated heterocycles. The fraction of sp³-hybridized carbons (Fsp3) is 0.529. The second-order valence-corrected chi connectivity index (χ2v) is 6.08. The number of carbonyl (C=O) groups excluding carboxylic acids is 2. The van der Waals surface area contributed by atoms with Crippen LogP contribution in [0.3, 0.4) is 0 Å². The van der Waals surface area contributed by atoms with Gasteiger partial charge in [0, 0.05) is 31.2 Å². The molecule has 0 aliphatic carbocycles. The summed E-state index contributed by atoms with van der Waals surface area (Å²) in [5.41, 5.74) is 0.146. The largest absolute Gasteiger partial charge is 0.492 e. The number of ether oxygens (including phenoxy) is 1. The zero-order chi connectivity index (χ0) is 17.7. The molecule has 24 heavy (non-hydrogen) atoms. The van der Waals surface area contributed by atoms with Gasteiger partial charge in [0.05, 0.1) is 12.3 Å². The van der Waals surface area contributed by atoms with Crippen LogP contribution in [0, 0.1) is 5.82 Å². The fourth-order valence-electron chi connectivity index (χ4n) is 2.69. The number of halogens is 1. The maximum atomic E-state index is 13.4. The standard InChI is InChI=1S/C17H24FN3O3/c1-4-24-15-6-5-12(18)9-14(15)20-17(23)16(22)19-13-7-8-21(10-13)11(2)3/h5-6,9,11,13H,4,7-8,10H2,1-3H3,(H,19,22)(H,20,23)/t13-/m1/s1. The monoisotopic (exact) mass is 337 g/mol. The van der Waals surface area contributed by atoms with E-state index in [1.165, 1.54) is 12.1 Å². The Bertz CT molecular complexity index is 607. The number of carbonyl (C=O) groups is 2. The van der Waals surface area contributed by atoms with Gasteiger partial charge in [0.25, 0.3) is 0 Å². The molecule has 0 saturated carbocycles. The average Bonchev–Trinajstić information content (AvgIpc) is 2.99. The molecule has 6 nitrogen and oxygen atoms in total. The minimum Gasteiger partial charge on any atom is -0.492 e. The Labute approximate surface area is 141 Å². The third kappa shape index (κ3) is 4.67. The van der Waals surface area contributed by atoms with E-state index in [0.717, 1.165) is 25.6 Å². The van der Waals surface area contributed by atoms with Crippen LogP contribution in [0.5, 0.6) is 5.75 Å². The van der Waals surface area contributed by atoms with Gasteiger partial charge in [-0.15, -0.1) is 0 Å². The highest BCUT2D eigenvalue weighted by Crippen LogP contribution is 2.25. The Morgan fingerprint density at radius 3 is 2.75 bits per heavy atom. The van der Waals surface area contributed by atoms with Crippen molar-refractivity contribution in [2.24, 2.45) is 0 Å². The summed E-state index contributed by atoms with van der Waals surface area (Å²) in [6, 6.07) is 4.14. The van der Waals surface area contributed by atoms with Gasteiger partial charge >= 0.3 is 11.8 Å². The quantitative estimate of drug-likeness (QED) is 0.803. The van der Waals surface area contributed by atoms with E-state index in [1.54, 1.807) is 6.92 Å². The summed E-state index contributed by atoms with van der Waals surface area (Å²) in [6.45, 7) is 7.95. The maximum Gasteiger partial charge on any atom is 0.313 e. The van der Waals surface area contributed by atoms with Crippen molar-refractivity contribution in [1.82, 2.24) is 10.2 Å². The van der Waals surface area contributed by atoms with Crippen LogP contribution in [0.25, 0.3) is 0 Å². The van der Waals surface area contributed by atoms with Gasteiger partial charge in [0.2, 0.25) is 0 Å². The van der Waals surface area contributed by atoms with Gasteiger partial charge in [0.15, 0.2) is 0 Å². The number of anilines is 1. The molecule has 1 aliphatic rings. The Morgan fingerprint density at radius 2 is 2.12 bits per heavy atom. The molecule has 0 radical (unpaired) electrons. The summed E-state index contributed by atoms with van der Waals surface area (Å²) >= 11 is 0. The molecular formula is C17H24FN3O3. The molecule has 1 atom stereocenters. The number of hydrogen-bond donors (Lipinski definition) is 2. The highest BCUT2D eigenvalue weighted by Gasteiger charge is 2.27. The van der Waals surface area contributed by atoms with Crippen LogP contribution < -0.4 is 15.4 Å². The average molecular weight is 337 g/mol. The zero-order valence-electron chi connectivity index (χ0n) is 14.3. The highest BCUT2D eigenvalue weighted by atomic mass is 19.1. The molecule has 2 N–H and O–H groups in total. The van der Waals surface area contributed by atoms with Crippen LogP contribution in [0.1, 0.15) is 27.2 Å². The summed E-state index contributed by atoms with van der Waals surface area (Å²) in [7, 11) is 0. The van der Waals surface area contributed by atoms with Gasteiger partial charge in [-0.2, -0.15) is 0 Å². The third-order valence-electron chi connectivity index (χ3n) is 3.98. The summed E-state index contributed by atoms with van der Waals surface area (Å²) in [4.78, 5) is 26.4. The Kier molecular flexibility index (Phi) is 6.14. The summed E-state index contributed by atoms with van der Waals surface area (Å²) < 4.78 is 18.7. The maximum absolute atomic E-state index is 13.4. The normalized spacial score (nSPS) is 17.8. The molecule has 0 aromatic heterocycles. The molecule has 1 aromatic rings. The zero-order valence-corrected chi connectivity index (χ0v) is 14.3. The van der Waals surface area contributed by atoms with Crippen molar-refractivity contribution in [2.75, 3.05) is 25.0 Å². The lowest BCUT2D eigenvalue weighted by Crippen LogP contribution is -2.43. The first-order valence-corrected chi connectivity index (χ1v) is 8.19. The summed E-state index contributed by atoms with van der Waals surface area (Å²) in [5, 5.41) is 5.14. The number of likely N-dealkylation sites (tertiary alicyclic amines) is 1. The molecule has 0 bridgehead atoms. The van der Waals surface area contributed by atoms with E-state index in [1.807, 2.05) is 0 Å². The smallest absolute Gasteiger partial charge is 0.313 e. The van der Waals surface area contributed by atoms with E-state index in [-0.39, 0.29) is 11.7 Å². The molecule has 2 rings (SSSR count). The molecule has 132 valence electrons. The van der Waals surface area contributed by atoms with E-state index in [0.29, 0.717) is 18.4 Å². The molecule has 7 heteroatoms. The Morgan fingerprint density at radius 1 is 1.38 bits per heavy atom. The van der Waals surface area contributed by atoms with Crippen LogP contribution in [-0.2, 0) is 9.59 Å². The van der Waals surface area contributed by atoms with Crippen LogP contribution >= 0.6 is 0 Å². The molecule has 1 aromatic carbocycles. The van der Waals surface area contributed by atoms with Gasteiger partial charge in [0.1, 0.15) is 11.6 Å². The topological polar surface area (TPSA) is 70.7 Å². The summed E-state index contributed by atoms with van der Waals surface area (Å²) in [5.74, 6) is -1.74. The van der Waals surface area contributed by atoms with Gasteiger partial charge < -0.3 is 15.4 Å². The van der Waals surface area contributed by atoms with Crippen molar-refractivity contribution in [1.29, 1.82) is 0 Å². The molecular weight excluding hydrogens is 313 g/mol. The van der Waals surface area contributed by atoms with Crippen molar-refractivity contribution in [2.45, 2.75) is 39.3 Å². The van der Waals surface area contributed by atoms with E-state index in [4.69, 9.17) is 4.74 Å². The van der Waals surface area contributed by atoms with Gasteiger partial charge in [-0.25, -0.2) is 4.39 Å². The molecule has 0 spiro atoms. The lowest BCUT2D eigenvalue weighted by Gasteiger charge is -2.20.